The molecule has 0 spiro atoms. The van der Waals surface area contributed by atoms with Crippen LogP contribution in [0.2, 0.25) is 0 Å². The molecule has 0 aliphatic heterocycles. The van der Waals surface area contributed by atoms with Crippen molar-refractivity contribution in [1.29, 1.82) is 0 Å². The molecule has 100 valence electrons. The number of anilines is 1. The van der Waals surface area contributed by atoms with Crippen molar-refractivity contribution >= 4 is 21.6 Å². The first kappa shape index (κ1) is 13.9. The van der Waals surface area contributed by atoms with Gasteiger partial charge in [-0.15, -0.1) is 0 Å². The van der Waals surface area contributed by atoms with Gasteiger partial charge in [0.05, 0.1) is 12.1 Å². The summed E-state index contributed by atoms with van der Waals surface area (Å²) in [5.41, 5.74) is 0.851. The summed E-state index contributed by atoms with van der Waals surface area (Å²) in [5.74, 6) is 0.559. The number of hydrogen-bond acceptors (Lipinski definition) is 2. The number of benzene rings is 1. The van der Waals surface area contributed by atoms with Gasteiger partial charge in [-0.2, -0.15) is 0 Å². The molecule has 0 saturated heterocycles. The molecule has 0 aromatic heterocycles. The minimum atomic E-state index is -0.218. The van der Waals surface area contributed by atoms with Crippen molar-refractivity contribution in [3.05, 3.63) is 28.7 Å². The monoisotopic (exact) mass is 311 g/mol. The summed E-state index contributed by atoms with van der Waals surface area (Å²) in [6.45, 7) is 2.32. The van der Waals surface area contributed by atoms with E-state index in [0.717, 1.165) is 10.2 Å². The molecular weight excluding hydrogens is 290 g/mol. The molecule has 0 radical (unpaired) electrons. The van der Waals surface area contributed by atoms with Crippen LogP contribution < -0.4 is 5.32 Å². The molecule has 1 unspecified atom stereocenters. The molecule has 18 heavy (non-hydrogen) atoms. The van der Waals surface area contributed by atoms with E-state index in [-0.39, 0.29) is 12.1 Å². The van der Waals surface area contributed by atoms with E-state index in [0.29, 0.717) is 5.92 Å². The van der Waals surface area contributed by atoms with Crippen LogP contribution in [0.1, 0.15) is 39.0 Å². The average Bonchev–Trinajstić information content (AvgIpc) is 2.42. The van der Waals surface area contributed by atoms with E-state index in [1.807, 2.05) is 18.2 Å². The van der Waals surface area contributed by atoms with Gasteiger partial charge >= 0.3 is 0 Å². The number of hydrogen-bond donors (Lipinski definition) is 2. The van der Waals surface area contributed by atoms with E-state index in [1.165, 1.54) is 32.1 Å². The summed E-state index contributed by atoms with van der Waals surface area (Å²) < 4.78 is 1.06. The second-order valence-corrected chi connectivity index (χ2v) is 6.37. The number of aliphatic hydroxyl groups excluding tert-OH is 1. The molecule has 1 aromatic carbocycles. The lowest BCUT2D eigenvalue weighted by Crippen LogP contribution is -2.47. The van der Waals surface area contributed by atoms with Crippen molar-refractivity contribution in [2.75, 3.05) is 11.9 Å². The Morgan fingerprint density at radius 1 is 1.28 bits per heavy atom. The van der Waals surface area contributed by atoms with Crippen molar-refractivity contribution in [3.63, 3.8) is 0 Å². The molecule has 3 heteroatoms. The molecule has 1 aromatic rings. The first-order valence-electron chi connectivity index (χ1n) is 6.79. The van der Waals surface area contributed by atoms with Gasteiger partial charge in [-0.3, -0.25) is 0 Å². The van der Waals surface area contributed by atoms with Crippen LogP contribution in [0.3, 0.4) is 0 Å². The predicted octanol–water partition coefficient (Wildman–Crippen LogP) is 4.19. The third-order valence-corrected chi connectivity index (χ3v) is 4.82. The summed E-state index contributed by atoms with van der Waals surface area (Å²) in [6.07, 6.45) is 6.35. The van der Waals surface area contributed by atoms with Crippen molar-refractivity contribution in [2.45, 2.75) is 44.6 Å². The number of aliphatic hydroxyl groups is 1. The fourth-order valence-electron chi connectivity index (χ4n) is 2.88. The molecule has 0 amide bonds. The number of nitrogens with one attached hydrogen (secondary N) is 1. The van der Waals surface area contributed by atoms with Gasteiger partial charge in [-0.05, 0) is 53.7 Å². The standard InChI is InChI=1S/C15H22BrNO/c1-15(11-18,12-7-3-2-4-8-12)17-14-10-6-5-9-13(14)16/h5-6,9-10,12,17-18H,2-4,7-8,11H2,1H3. The lowest BCUT2D eigenvalue weighted by molar-refractivity contribution is 0.144. The topological polar surface area (TPSA) is 32.3 Å². The average molecular weight is 312 g/mol. The third kappa shape index (κ3) is 3.07. The second kappa shape index (κ2) is 6.07. The minimum absolute atomic E-state index is 0.180. The number of halogens is 1. The van der Waals surface area contributed by atoms with E-state index >= 15 is 0 Å². The Kier molecular flexibility index (Phi) is 4.68. The van der Waals surface area contributed by atoms with Gasteiger partial charge < -0.3 is 10.4 Å². The van der Waals surface area contributed by atoms with Gasteiger partial charge in [-0.25, -0.2) is 0 Å². The fraction of sp³-hybridized carbons (Fsp3) is 0.600. The van der Waals surface area contributed by atoms with E-state index in [2.05, 4.69) is 34.2 Å². The van der Waals surface area contributed by atoms with Crippen LogP contribution in [-0.2, 0) is 0 Å². The Morgan fingerprint density at radius 2 is 1.94 bits per heavy atom. The van der Waals surface area contributed by atoms with Crippen LogP contribution in [0.25, 0.3) is 0 Å². The van der Waals surface area contributed by atoms with Gasteiger partial charge in [0, 0.05) is 10.2 Å². The molecule has 0 bridgehead atoms. The smallest absolute Gasteiger partial charge is 0.0661 e. The van der Waals surface area contributed by atoms with Crippen LogP contribution in [0.5, 0.6) is 0 Å². The maximum atomic E-state index is 9.81. The van der Waals surface area contributed by atoms with Crippen molar-refractivity contribution < 1.29 is 5.11 Å². The zero-order valence-corrected chi connectivity index (χ0v) is 12.5. The van der Waals surface area contributed by atoms with Crippen LogP contribution in [0, 0.1) is 5.92 Å². The number of para-hydroxylation sites is 1. The largest absolute Gasteiger partial charge is 0.394 e. The molecule has 1 fully saturated rings. The van der Waals surface area contributed by atoms with Crippen LogP contribution in [0.15, 0.2) is 28.7 Å². The van der Waals surface area contributed by atoms with Gasteiger partial charge in [0.2, 0.25) is 0 Å². The normalized spacial score (nSPS) is 20.4. The molecular formula is C15H22BrNO. The van der Waals surface area contributed by atoms with Crippen LogP contribution in [-0.4, -0.2) is 17.3 Å². The van der Waals surface area contributed by atoms with Gasteiger partial charge in [0.1, 0.15) is 0 Å². The highest BCUT2D eigenvalue weighted by Gasteiger charge is 2.34. The molecule has 2 nitrogen and oxygen atoms in total. The summed E-state index contributed by atoms with van der Waals surface area (Å²) in [5, 5.41) is 13.4. The second-order valence-electron chi connectivity index (χ2n) is 5.52. The van der Waals surface area contributed by atoms with Crippen LogP contribution >= 0.6 is 15.9 Å². The Hall–Kier alpha value is -0.540. The number of rotatable bonds is 4. The van der Waals surface area contributed by atoms with E-state index < -0.39 is 0 Å². The zero-order chi connectivity index (χ0) is 13.0. The molecule has 2 N–H and O–H groups in total. The van der Waals surface area contributed by atoms with Crippen molar-refractivity contribution in [1.82, 2.24) is 0 Å². The summed E-state index contributed by atoms with van der Waals surface area (Å²) in [7, 11) is 0. The highest BCUT2D eigenvalue weighted by molar-refractivity contribution is 9.10. The van der Waals surface area contributed by atoms with E-state index in [4.69, 9.17) is 0 Å². The summed E-state index contributed by atoms with van der Waals surface area (Å²) >= 11 is 3.56. The zero-order valence-electron chi connectivity index (χ0n) is 11.0. The lowest BCUT2D eigenvalue weighted by atomic mass is 9.76. The van der Waals surface area contributed by atoms with Gasteiger partial charge in [0.25, 0.3) is 0 Å². The first-order valence-corrected chi connectivity index (χ1v) is 7.58. The van der Waals surface area contributed by atoms with E-state index in [9.17, 15) is 5.11 Å². The third-order valence-electron chi connectivity index (χ3n) is 4.13. The summed E-state index contributed by atoms with van der Waals surface area (Å²) in [4.78, 5) is 0. The summed E-state index contributed by atoms with van der Waals surface area (Å²) in [6, 6.07) is 8.11. The highest BCUT2D eigenvalue weighted by Crippen LogP contribution is 2.36. The maximum Gasteiger partial charge on any atom is 0.0661 e. The molecule has 0 heterocycles. The lowest BCUT2D eigenvalue weighted by Gasteiger charge is -2.40. The SMILES string of the molecule is CC(CO)(Nc1ccccc1Br)C1CCCCC1. The maximum absolute atomic E-state index is 9.81. The minimum Gasteiger partial charge on any atom is -0.394 e. The fourth-order valence-corrected chi connectivity index (χ4v) is 3.26. The Labute approximate surface area is 118 Å². The van der Waals surface area contributed by atoms with Gasteiger partial charge in [-0.1, -0.05) is 31.4 Å². The molecule has 1 saturated carbocycles. The predicted molar refractivity (Wildman–Crippen MR) is 79.8 cm³/mol. The van der Waals surface area contributed by atoms with E-state index in [1.54, 1.807) is 0 Å². The first-order chi connectivity index (χ1) is 8.65. The van der Waals surface area contributed by atoms with Crippen LogP contribution in [0.4, 0.5) is 5.69 Å². The Balaban J connectivity index is 2.14. The quantitative estimate of drug-likeness (QED) is 0.873. The Morgan fingerprint density at radius 3 is 2.56 bits per heavy atom. The molecule has 1 atom stereocenters. The molecule has 2 rings (SSSR count). The van der Waals surface area contributed by atoms with Gasteiger partial charge in [0.15, 0.2) is 0 Å². The Bertz CT molecular complexity index is 390. The van der Waals surface area contributed by atoms with Crippen molar-refractivity contribution in [3.8, 4) is 0 Å². The molecule has 1 aliphatic carbocycles. The van der Waals surface area contributed by atoms with Crippen molar-refractivity contribution in [2.24, 2.45) is 5.92 Å². The molecule has 1 aliphatic rings. The highest BCUT2D eigenvalue weighted by atomic mass is 79.9.